The number of likely N-dealkylation sites (tertiary alicyclic amines) is 1. The topological polar surface area (TPSA) is 78.6 Å². The Balaban J connectivity index is 1.97. The average molecular weight is 388 g/mol. The number of urea groups is 1. The Morgan fingerprint density at radius 1 is 1.39 bits per heavy atom. The first-order valence-electron chi connectivity index (χ1n) is 10.9. The Kier molecular flexibility index (Phi) is 6.54. The Morgan fingerprint density at radius 3 is 2.79 bits per heavy atom. The first-order chi connectivity index (χ1) is 13.4. The van der Waals surface area contributed by atoms with Crippen molar-refractivity contribution in [2.24, 2.45) is 17.6 Å². The van der Waals surface area contributed by atoms with Crippen molar-refractivity contribution in [1.82, 2.24) is 10.2 Å². The van der Waals surface area contributed by atoms with Gasteiger partial charge in [-0.25, -0.2) is 4.79 Å². The normalized spacial score (nSPS) is 28.2. The highest BCUT2D eigenvalue weighted by molar-refractivity contribution is 5.71. The molecule has 4 N–H and O–H groups in total. The van der Waals surface area contributed by atoms with E-state index in [4.69, 9.17) is 5.73 Å². The van der Waals surface area contributed by atoms with Crippen molar-refractivity contribution in [3.05, 3.63) is 29.3 Å². The van der Waals surface area contributed by atoms with Gasteiger partial charge in [0, 0.05) is 24.5 Å². The summed E-state index contributed by atoms with van der Waals surface area (Å²) in [6.45, 7) is 9.65. The maximum Gasteiger partial charge on any atom is 0.312 e. The van der Waals surface area contributed by atoms with Crippen molar-refractivity contribution < 1.29 is 9.90 Å². The highest BCUT2D eigenvalue weighted by atomic mass is 16.3. The van der Waals surface area contributed by atoms with Gasteiger partial charge in [-0.1, -0.05) is 19.4 Å². The molecule has 1 aliphatic heterocycles. The summed E-state index contributed by atoms with van der Waals surface area (Å²) in [4.78, 5) is 14.0. The van der Waals surface area contributed by atoms with Crippen LogP contribution in [0.5, 0.6) is 5.75 Å². The maximum absolute atomic E-state index is 11.3. The minimum Gasteiger partial charge on any atom is -0.508 e. The van der Waals surface area contributed by atoms with Crippen LogP contribution in [-0.4, -0.2) is 41.7 Å². The van der Waals surface area contributed by atoms with Gasteiger partial charge in [0.15, 0.2) is 0 Å². The average Bonchev–Trinajstić information content (AvgIpc) is 3.46. The molecule has 1 saturated heterocycles. The van der Waals surface area contributed by atoms with E-state index in [2.05, 4.69) is 31.0 Å². The van der Waals surface area contributed by atoms with Crippen LogP contribution in [-0.2, 0) is 5.41 Å². The molecule has 156 valence electrons. The van der Waals surface area contributed by atoms with E-state index in [0.717, 1.165) is 38.1 Å². The highest BCUT2D eigenvalue weighted by Gasteiger charge is 2.48. The zero-order valence-electron chi connectivity index (χ0n) is 17.7. The number of carbonyl (C=O) groups is 1. The van der Waals surface area contributed by atoms with E-state index in [-0.39, 0.29) is 5.41 Å². The first kappa shape index (κ1) is 21.0. The molecular weight excluding hydrogens is 350 g/mol. The first-order valence-corrected chi connectivity index (χ1v) is 10.9. The summed E-state index contributed by atoms with van der Waals surface area (Å²) < 4.78 is 0. The number of nitrogens with one attached hydrogen (secondary N) is 1. The number of hydrogen-bond acceptors (Lipinski definition) is 3. The number of phenols is 1. The Hall–Kier alpha value is -1.75. The lowest BCUT2D eigenvalue weighted by Gasteiger charge is -2.53. The Bertz CT molecular complexity index is 688. The number of phenolic OH excluding ortho intramolecular Hbond substituents is 1. The van der Waals surface area contributed by atoms with Gasteiger partial charge in [-0.2, -0.15) is 0 Å². The predicted octanol–water partition coefficient (Wildman–Crippen LogP) is 3.92. The predicted molar refractivity (Wildman–Crippen MR) is 113 cm³/mol. The van der Waals surface area contributed by atoms with Crippen LogP contribution >= 0.6 is 0 Å². The molecule has 5 heteroatoms. The van der Waals surface area contributed by atoms with Crippen molar-refractivity contribution >= 4 is 6.03 Å². The molecule has 2 fully saturated rings. The molecule has 2 aliphatic rings. The van der Waals surface area contributed by atoms with E-state index in [9.17, 15) is 9.90 Å². The number of benzene rings is 1. The number of aromatic hydroxyl groups is 1. The molecule has 3 atom stereocenters. The number of amides is 2. The zero-order chi connectivity index (χ0) is 20.3. The summed E-state index contributed by atoms with van der Waals surface area (Å²) in [7, 11) is 0. The van der Waals surface area contributed by atoms with Gasteiger partial charge in [0.1, 0.15) is 5.75 Å². The molecule has 1 aliphatic carbocycles. The van der Waals surface area contributed by atoms with Crippen LogP contribution in [0.1, 0.15) is 63.5 Å². The number of piperidine rings is 1. The summed E-state index contributed by atoms with van der Waals surface area (Å²) >= 11 is 0. The molecule has 0 aromatic heterocycles. The van der Waals surface area contributed by atoms with Crippen molar-refractivity contribution in [3.63, 3.8) is 0 Å². The fraction of sp³-hybridized carbons (Fsp3) is 0.696. The number of carbonyl (C=O) groups excluding carboxylic acids is 1. The Labute approximate surface area is 169 Å². The quantitative estimate of drug-likeness (QED) is 0.633. The van der Waals surface area contributed by atoms with Crippen molar-refractivity contribution in [2.75, 3.05) is 19.6 Å². The third-order valence-corrected chi connectivity index (χ3v) is 7.13. The molecule has 1 aromatic carbocycles. The molecule has 0 spiro atoms. The summed E-state index contributed by atoms with van der Waals surface area (Å²) in [5.74, 6) is 1.70. The number of nitrogens with zero attached hydrogens (tertiary/aromatic N) is 1. The summed E-state index contributed by atoms with van der Waals surface area (Å²) in [5.41, 5.74) is 7.76. The molecular formula is C23H37N3O2. The standard InChI is InChI=1S/C23H37N3O2/c1-4-5-20-17(3)26(15-18-7-8-18)13-11-23(20,10-12-25-22(24)28)21-14-19(27)9-6-16(21)2/h6,9,14,17-18,20,27H,4-5,7-8,10-13,15H2,1-3H3,(H3,24,25,28)/t17?,20?,23-/m1/s1. The van der Waals surface area contributed by atoms with Crippen LogP contribution in [0.15, 0.2) is 18.2 Å². The second-order valence-corrected chi connectivity index (χ2v) is 9.02. The molecule has 3 rings (SSSR count). The van der Waals surface area contributed by atoms with Gasteiger partial charge >= 0.3 is 6.03 Å². The van der Waals surface area contributed by atoms with E-state index in [1.807, 2.05) is 12.1 Å². The number of aryl methyl sites for hydroxylation is 1. The summed E-state index contributed by atoms with van der Waals surface area (Å²) in [5, 5.41) is 13.1. The second kappa shape index (κ2) is 8.73. The smallest absolute Gasteiger partial charge is 0.312 e. The monoisotopic (exact) mass is 387 g/mol. The van der Waals surface area contributed by atoms with Crippen molar-refractivity contribution in [1.29, 1.82) is 0 Å². The molecule has 1 aromatic rings. The largest absolute Gasteiger partial charge is 0.508 e. The minimum atomic E-state index is -0.464. The Morgan fingerprint density at radius 2 is 2.14 bits per heavy atom. The van der Waals surface area contributed by atoms with Gasteiger partial charge in [-0.3, -0.25) is 0 Å². The molecule has 0 radical (unpaired) electrons. The van der Waals surface area contributed by atoms with Gasteiger partial charge in [0.25, 0.3) is 0 Å². The second-order valence-electron chi connectivity index (χ2n) is 9.02. The van der Waals surface area contributed by atoms with Gasteiger partial charge in [0.2, 0.25) is 0 Å². The third-order valence-electron chi connectivity index (χ3n) is 7.13. The summed E-state index contributed by atoms with van der Waals surface area (Å²) in [6.07, 6.45) is 6.94. The molecule has 2 unspecified atom stereocenters. The maximum atomic E-state index is 11.3. The van der Waals surface area contributed by atoms with E-state index in [0.29, 0.717) is 24.3 Å². The molecule has 5 nitrogen and oxygen atoms in total. The molecule has 0 bridgehead atoms. The SMILES string of the molecule is CCCC1C(C)N(CC2CC2)CC[C@@]1(CCNC(N)=O)c1cc(O)ccc1C. The van der Waals surface area contributed by atoms with E-state index in [1.54, 1.807) is 6.07 Å². The van der Waals surface area contributed by atoms with Gasteiger partial charge in [-0.15, -0.1) is 0 Å². The summed E-state index contributed by atoms with van der Waals surface area (Å²) in [6, 6.07) is 5.79. The van der Waals surface area contributed by atoms with E-state index >= 15 is 0 Å². The number of primary amides is 1. The van der Waals surface area contributed by atoms with Gasteiger partial charge in [0.05, 0.1) is 0 Å². The van der Waals surface area contributed by atoms with Gasteiger partial charge < -0.3 is 21.1 Å². The lowest BCUT2D eigenvalue weighted by atomic mass is 9.59. The van der Waals surface area contributed by atoms with Crippen LogP contribution in [0.2, 0.25) is 0 Å². The highest BCUT2D eigenvalue weighted by Crippen LogP contribution is 2.49. The molecule has 1 saturated carbocycles. The minimum absolute atomic E-state index is 0.0548. The lowest BCUT2D eigenvalue weighted by molar-refractivity contribution is 0.0221. The van der Waals surface area contributed by atoms with Crippen LogP contribution in [0.25, 0.3) is 0 Å². The van der Waals surface area contributed by atoms with Crippen molar-refractivity contribution in [3.8, 4) is 5.75 Å². The van der Waals surface area contributed by atoms with Crippen LogP contribution in [0.4, 0.5) is 4.79 Å². The van der Waals surface area contributed by atoms with Gasteiger partial charge in [-0.05, 0) is 87.6 Å². The molecule has 28 heavy (non-hydrogen) atoms. The van der Waals surface area contributed by atoms with Crippen LogP contribution < -0.4 is 11.1 Å². The number of nitrogens with two attached hydrogens (primary N) is 1. The number of hydrogen-bond donors (Lipinski definition) is 3. The molecule has 2 amide bonds. The van der Waals surface area contributed by atoms with Crippen LogP contribution in [0.3, 0.4) is 0 Å². The fourth-order valence-corrected chi connectivity index (χ4v) is 5.50. The molecule has 1 heterocycles. The number of rotatable bonds is 8. The van der Waals surface area contributed by atoms with Crippen molar-refractivity contribution in [2.45, 2.75) is 70.8 Å². The van der Waals surface area contributed by atoms with E-state index in [1.165, 1.54) is 30.5 Å². The third kappa shape index (κ3) is 4.45. The van der Waals surface area contributed by atoms with Crippen LogP contribution in [0, 0.1) is 18.8 Å². The zero-order valence-corrected chi connectivity index (χ0v) is 17.7. The van der Waals surface area contributed by atoms with E-state index < -0.39 is 6.03 Å². The lowest BCUT2D eigenvalue weighted by Crippen LogP contribution is -2.56. The fourth-order valence-electron chi connectivity index (χ4n) is 5.50.